The van der Waals surface area contributed by atoms with Crippen molar-refractivity contribution in [1.82, 2.24) is 25.2 Å². The molecule has 6 nitrogen and oxygen atoms in total. The molecule has 6 heteroatoms. The number of aromatic nitrogens is 4. The molecule has 0 aliphatic heterocycles. The van der Waals surface area contributed by atoms with E-state index in [0.717, 1.165) is 5.56 Å². The summed E-state index contributed by atoms with van der Waals surface area (Å²) in [4.78, 5) is 4.45. The van der Waals surface area contributed by atoms with E-state index in [1.165, 1.54) is 5.56 Å². The van der Waals surface area contributed by atoms with Crippen molar-refractivity contribution in [1.29, 1.82) is 0 Å². The topological polar surface area (TPSA) is 68.8 Å². The largest absolute Gasteiger partial charge is 0.338 e. The van der Waals surface area contributed by atoms with Gasteiger partial charge in [0.15, 0.2) is 5.82 Å². The number of aryl methyl sites for hydroxylation is 1. The lowest BCUT2D eigenvalue weighted by Gasteiger charge is -2.20. The molecule has 2 atom stereocenters. The Hall–Kier alpha value is -2.47. The summed E-state index contributed by atoms with van der Waals surface area (Å²) in [6, 6.07) is 10.6. The van der Waals surface area contributed by atoms with Crippen molar-refractivity contribution < 1.29 is 4.52 Å². The number of nitrogens with zero attached hydrogens (tertiary/aromatic N) is 4. The lowest BCUT2D eigenvalue weighted by Crippen LogP contribution is -2.33. The van der Waals surface area contributed by atoms with Gasteiger partial charge in [-0.2, -0.15) is 10.1 Å². The quantitative estimate of drug-likeness (QED) is 0.723. The Bertz CT molecular complexity index is 765. The van der Waals surface area contributed by atoms with E-state index in [4.69, 9.17) is 4.52 Å². The van der Waals surface area contributed by atoms with Crippen LogP contribution in [0.5, 0.6) is 0 Å². The molecule has 1 aromatic carbocycles. The Labute approximate surface area is 141 Å². The van der Waals surface area contributed by atoms with E-state index in [1.807, 2.05) is 42.2 Å². The Morgan fingerprint density at radius 2 is 2.00 bits per heavy atom. The zero-order valence-electron chi connectivity index (χ0n) is 14.3. The Morgan fingerprint density at radius 1 is 1.21 bits per heavy atom. The molecule has 0 radical (unpaired) electrons. The van der Waals surface area contributed by atoms with E-state index in [-0.39, 0.29) is 12.1 Å². The second-order valence-electron chi connectivity index (χ2n) is 6.17. The number of nitrogens with one attached hydrogen (secondary N) is 1. The fraction of sp³-hybridized carbons (Fsp3) is 0.389. The molecule has 126 valence electrons. The highest BCUT2D eigenvalue weighted by Gasteiger charge is 2.16. The molecular weight excluding hydrogens is 302 g/mol. The van der Waals surface area contributed by atoms with Crippen molar-refractivity contribution in [2.24, 2.45) is 0 Å². The van der Waals surface area contributed by atoms with Crippen LogP contribution in [0, 0.1) is 6.92 Å². The summed E-state index contributed by atoms with van der Waals surface area (Å²) in [6.07, 6.45) is 4.60. The van der Waals surface area contributed by atoms with Crippen molar-refractivity contribution in [2.45, 2.75) is 45.8 Å². The van der Waals surface area contributed by atoms with E-state index >= 15 is 0 Å². The van der Waals surface area contributed by atoms with Crippen molar-refractivity contribution >= 4 is 0 Å². The molecule has 0 aliphatic carbocycles. The second kappa shape index (κ2) is 7.40. The zero-order chi connectivity index (χ0) is 16.9. The first kappa shape index (κ1) is 16.4. The molecule has 0 aliphatic rings. The predicted octanol–water partition coefficient (Wildman–Crippen LogP) is 2.90. The van der Waals surface area contributed by atoms with Gasteiger partial charge < -0.3 is 9.84 Å². The van der Waals surface area contributed by atoms with Crippen LogP contribution in [0.15, 0.2) is 47.2 Å². The highest BCUT2D eigenvalue weighted by atomic mass is 16.5. The average Bonchev–Trinajstić information content (AvgIpc) is 3.22. The van der Waals surface area contributed by atoms with Gasteiger partial charge in [-0.25, -0.2) is 0 Å². The average molecular weight is 325 g/mol. The highest BCUT2D eigenvalue weighted by molar-refractivity contribution is 5.18. The van der Waals surface area contributed by atoms with Gasteiger partial charge in [-0.1, -0.05) is 35.5 Å². The minimum absolute atomic E-state index is 0.230. The highest BCUT2D eigenvalue weighted by Crippen LogP contribution is 2.12. The standard InChI is InChI=1S/C18H23N5O/c1-13-10-20-23(12-13)15(3)14(2)19-11-18-21-17(22-24-18)9-16-7-5-4-6-8-16/h4-8,10,12,14-15,19H,9,11H2,1-3H3/t14-,15+/m0/s1. The summed E-state index contributed by atoms with van der Waals surface area (Å²) in [5.74, 6) is 1.32. The van der Waals surface area contributed by atoms with Crippen molar-refractivity contribution in [3.05, 3.63) is 65.6 Å². The van der Waals surface area contributed by atoms with Gasteiger partial charge in [-0.3, -0.25) is 4.68 Å². The van der Waals surface area contributed by atoms with E-state index in [9.17, 15) is 0 Å². The van der Waals surface area contributed by atoms with Crippen LogP contribution in [0.3, 0.4) is 0 Å². The lowest BCUT2D eigenvalue weighted by molar-refractivity contribution is 0.324. The van der Waals surface area contributed by atoms with E-state index in [0.29, 0.717) is 24.7 Å². The van der Waals surface area contributed by atoms with Crippen LogP contribution in [0.4, 0.5) is 0 Å². The number of benzene rings is 1. The summed E-state index contributed by atoms with van der Waals surface area (Å²) < 4.78 is 7.30. The molecule has 24 heavy (non-hydrogen) atoms. The molecule has 0 unspecified atom stereocenters. The van der Waals surface area contributed by atoms with Crippen LogP contribution in [0.25, 0.3) is 0 Å². The fourth-order valence-electron chi connectivity index (χ4n) is 2.52. The molecule has 1 N–H and O–H groups in total. The number of hydrogen-bond donors (Lipinski definition) is 1. The third-order valence-electron chi connectivity index (χ3n) is 4.16. The van der Waals surface area contributed by atoms with Crippen LogP contribution >= 0.6 is 0 Å². The number of hydrogen-bond acceptors (Lipinski definition) is 5. The molecule has 3 rings (SSSR count). The first-order valence-corrected chi connectivity index (χ1v) is 8.21. The van der Waals surface area contributed by atoms with Gasteiger partial charge in [0.1, 0.15) is 0 Å². The van der Waals surface area contributed by atoms with Crippen LogP contribution in [-0.4, -0.2) is 26.0 Å². The van der Waals surface area contributed by atoms with Crippen molar-refractivity contribution in [2.75, 3.05) is 0 Å². The maximum absolute atomic E-state index is 5.33. The van der Waals surface area contributed by atoms with Gasteiger partial charge >= 0.3 is 0 Å². The lowest BCUT2D eigenvalue weighted by atomic mass is 10.1. The van der Waals surface area contributed by atoms with Crippen molar-refractivity contribution in [3.63, 3.8) is 0 Å². The number of rotatable bonds is 7. The Morgan fingerprint density at radius 3 is 2.71 bits per heavy atom. The summed E-state index contributed by atoms with van der Waals surface area (Å²) in [5.41, 5.74) is 2.34. The summed E-state index contributed by atoms with van der Waals surface area (Å²) in [5, 5.41) is 11.8. The second-order valence-corrected chi connectivity index (χ2v) is 6.17. The molecular formula is C18H23N5O. The third kappa shape index (κ3) is 4.08. The maximum atomic E-state index is 5.33. The maximum Gasteiger partial charge on any atom is 0.240 e. The molecule has 0 saturated heterocycles. The molecule has 0 amide bonds. The molecule has 3 aromatic rings. The normalized spacial score (nSPS) is 13.8. The third-order valence-corrected chi connectivity index (χ3v) is 4.16. The first-order chi connectivity index (χ1) is 11.6. The van der Waals surface area contributed by atoms with Crippen molar-refractivity contribution in [3.8, 4) is 0 Å². The van der Waals surface area contributed by atoms with Gasteiger partial charge in [0.2, 0.25) is 5.89 Å². The van der Waals surface area contributed by atoms with Crippen LogP contribution in [0.2, 0.25) is 0 Å². The molecule has 0 saturated carbocycles. The SMILES string of the molecule is Cc1cnn([C@H](C)[C@H](C)NCc2nc(Cc3ccccc3)no2)c1. The molecule has 2 heterocycles. The molecule has 0 spiro atoms. The van der Waals surface area contributed by atoms with Crippen LogP contribution in [-0.2, 0) is 13.0 Å². The molecule has 0 bridgehead atoms. The summed E-state index contributed by atoms with van der Waals surface area (Å²) >= 11 is 0. The van der Waals surface area contributed by atoms with Crippen LogP contribution in [0.1, 0.15) is 42.7 Å². The molecule has 2 aromatic heterocycles. The Balaban J connectivity index is 1.53. The molecule has 0 fully saturated rings. The monoisotopic (exact) mass is 325 g/mol. The van der Waals surface area contributed by atoms with Gasteiger partial charge in [0.05, 0.1) is 18.8 Å². The van der Waals surface area contributed by atoms with Gasteiger partial charge in [-0.05, 0) is 31.9 Å². The predicted molar refractivity (Wildman–Crippen MR) is 91.5 cm³/mol. The van der Waals surface area contributed by atoms with E-state index < -0.39 is 0 Å². The van der Waals surface area contributed by atoms with E-state index in [1.54, 1.807) is 0 Å². The van der Waals surface area contributed by atoms with Gasteiger partial charge in [0, 0.05) is 18.7 Å². The minimum Gasteiger partial charge on any atom is -0.338 e. The zero-order valence-corrected chi connectivity index (χ0v) is 14.3. The smallest absolute Gasteiger partial charge is 0.240 e. The summed E-state index contributed by atoms with van der Waals surface area (Å²) in [7, 11) is 0. The Kier molecular flexibility index (Phi) is 5.05. The van der Waals surface area contributed by atoms with Crippen LogP contribution < -0.4 is 5.32 Å². The summed E-state index contributed by atoms with van der Waals surface area (Å²) in [6.45, 7) is 6.86. The van der Waals surface area contributed by atoms with Gasteiger partial charge in [0.25, 0.3) is 0 Å². The van der Waals surface area contributed by atoms with Gasteiger partial charge in [-0.15, -0.1) is 0 Å². The minimum atomic E-state index is 0.230. The fourth-order valence-corrected chi connectivity index (χ4v) is 2.52. The van der Waals surface area contributed by atoms with E-state index in [2.05, 4.69) is 46.5 Å². The first-order valence-electron chi connectivity index (χ1n) is 8.21.